The molecular weight excluding hydrogens is 356 g/mol. The summed E-state index contributed by atoms with van der Waals surface area (Å²) in [5.41, 5.74) is 1.98. The summed E-state index contributed by atoms with van der Waals surface area (Å²) in [6.45, 7) is 9.29. The van der Waals surface area contributed by atoms with Gasteiger partial charge in [0.15, 0.2) is 5.78 Å². The number of thioether (sulfide) groups is 2. The highest BCUT2D eigenvalue weighted by Gasteiger charge is 2.31. The molecule has 1 aromatic rings. The molecule has 3 nitrogen and oxygen atoms in total. The Morgan fingerprint density at radius 3 is 2.75 bits per heavy atom. The quantitative estimate of drug-likeness (QED) is 0.801. The number of ketones is 1. The van der Waals surface area contributed by atoms with Crippen LogP contribution in [0.1, 0.15) is 32.2 Å². The van der Waals surface area contributed by atoms with E-state index in [1.807, 2.05) is 35.1 Å². The molecule has 0 bridgehead atoms. The zero-order valence-corrected chi connectivity index (χ0v) is 15.6. The van der Waals surface area contributed by atoms with Crippen LogP contribution in [0.3, 0.4) is 0 Å². The van der Waals surface area contributed by atoms with Gasteiger partial charge < -0.3 is 0 Å². The zero-order valence-electron chi connectivity index (χ0n) is 12.4. The van der Waals surface area contributed by atoms with Crippen LogP contribution in [-0.2, 0) is 17.8 Å². The van der Waals surface area contributed by atoms with Crippen molar-refractivity contribution in [1.29, 1.82) is 0 Å². The molecule has 1 aliphatic heterocycles. The number of aromatic nitrogens is 2. The van der Waals surface area contributed by atoms with Gasteiger partial charge in [0, 0.05) is 22.8 Å². The minimum Gasteiger partial charge on any atom is -0.298 e. The minimum atomic E-state index is 0.124. The van der Waals surface area contributed by atoms with Gasteiger partial charge in [-0.1, -0.05) is 13.8 Å². The van der Waals surface area contributed by atoms with E-state index in [2.05, 4.69) is 41.8 Å². The highest BCUT2D eigenvalue weighted by atomic mass is 79.9. The van der Waals surface area contributed by atoms with E-state index in [0.29, 0.717) is 22.7 Å². The van der Waals surface area contributed by atoms with E-state index >= 15 is 0 Å². The van der Waals surface area contributed by atoms with E-state index in [0.717, 1.165) is 28.2 Å². The Kier molecular flexibility index (Phi) is 5.65. The maximum absolute atomic E-state index is 12.6. The maximum Gasteiger partial charge on any atom is 0.152 e. The van der Waals surface area contributed by atoms with Crippen molar-refractivity contribution in [2.75, 3.05) is 5.75 Å². The second kappa shape index (κ2) is 6.88. The number of halogens is 1. The summed E-state index contributed by atoms with van der Waals surface area (Å²) in [7, 11) is 0. The number of aryl methyl sites for hydroxylation is 2. The van der Waals surface area contributed by atoms with E-state index in [1.165, 1.54) is 0 Å². The summed E-state index contributed by atoms with van der Waals surface area (Å²) >= 11 is 7.32. The number of hydrogen-bond donors (Lipinski definition) is 0. The van der Waals surface area contributed by atoms with E-state index in [4.69, 9.17) is 0 Å². The maximum atomic E-state index is 12.6. The molecule has 3 unspecified atom stereocenters. The Hall–Kier alpha value is 0.0600. The monoisotopic (exact) mass is 376 g/mol. The lowest BCUT2D eigenvalue weighted by molar-refractivity contribution is -0.117. The molecule has 20 heavy (non-hydrogen) atoms. The molecule has 112 valence electrons. The fourth-order valence-electron chi connectivity index (χ4n) is 2.27. The molecular formula is C14H21BrN2OS2. The molecule has 0 saturated carbocycles. The van der Waals surface area contributed by atoms with Crippen molar-refractivity contribution in [3.63, 3.8) is 0 Å². The third-order valence-corrected chi connectivity index (χ3v) is 8.17. The van der Waals surface area contributed by atoms with Crippen LogP contribution in [0.5, 0.6) is 0 Å². The SMILES string of the molecule is CCn1nc(C)c(Br)c1CC(=O)C1CSC(C)C(C)S1. The van der Waals surface area contributed by atoms with E-state index < -0.39 is 0 Å². The molecule has 1 saturated heterocycles. The van der Waals surface area contributed by atoms with Gasteiger partial charge in [0.05, 0.1) is 27.5 Å². The highest BCUT2D eigenvalue weighted by Crippen LogP contribution is 2.36. The Morgan fingerprint density at radius 1 is 1.45 bits per heavy atom. The van der Waals surface area contributed by atoms with Crippen molar-refractivity contribution in [1.82, 2.24) is 9.78 Å². The number of Topliss-reactive ketones (excluding diaryl/α,β-unsaturated/α-hetero) is 1. The first-order valence-corrected chi connectivity index (χ1v) is 9.74. The third kappa shape index (κ3) is 3.45. The van der Waals surface area contributed by atoms with Gasteiger partial charge in [0.1, 0.15) is 0 Å². The summed E-state index contributed by atoms with van der Waals surface area (Å²) < 4.78 is 2.92. The molecule has 2 heterocycles. The third-order valence-electron chi connectivity index (χ3n) is 3.70. The molecule has 1 fully saturated rings. The topological polar surface area (TPSA) is 34.9 Å². The van der Waals surface area contributed by atoms with Gasteiger partial charge in [-0.15, -0.1) is 11.8 Å². The van der Waals surface area contributed by atoms with Crippen LogP contribution in [-0.4, -0.2) is 37.1 Å². The van der Waals surface area contributed by atoms with Gasteiger partial charge in [0.2, 0.25) is 0 Å². The summed E-state index contributed by atoms with van der Waals surface area (Å²) in [4.78, 5) is 12.6. The molecule has 6 heteroatoms. The fraction of sp³-hybridized carbons (Fsp3) is 0.714. The molecule has 0 amide bonds. The van der Waals surface area contributed by atoms with Gasteiger partial charge in [-0.05, 0) is 29.8 Å². The zero-order chi connectivity index (χ0) is 14.9. The number of carbonyl (C=O) groups excluding carboxylic acids is 1. The van der Waals surface area contributed by atoms with Gasteiger partial charge in [-0.3, -0.25) is 9.48 Å². The Labute approximate surface area is 137 Å². The van der Waals surface area contributed by atoms with Gasteiger partial charge in [-0.2, -0.15) is 16.9 Å². The van der Waals surface area contributed by atoms with Gasteiger partial charge in [-0.25, -0.2) is 0 Å². The van der Waals surface area contributed by atoms with Crippen molar-refractivity contribution in [3.05, 3.63) is 15.9 Å². The normalized spacial score (nSPS) is 26.8. The summed E-state index contributed by atoms with van der Waals surface area (Å²) in [5, 5.41) is 5.77. The van der Waals surface area contributed by atoms with Crippen LogP contribution < -0.4 is 0 Å². The fourth-order valence-corrected chi connectivity index (χ4v) is 5.58. The molecule has 2 rings (SSSR count). The molecule has 0 N–H and O–H groups in total. The Balaban J connectivity index is 2.08. The lowest BCUT2D eigenvalue weighted by atomic mass is 10.1. The first-order chi connectivity index (χ1) is 9.43. The average Bonchev–Trinajstić information content (AvgIpc) is 2.69. The molecule has 1 aromatic heterocycles. The van der Waals surface area contributed by atoms with E-state index in [-0.39, 0.29) is 5.25 Å². The van der Waals surface area contributed by atoms with Crippen LogP contribution in [0.2, 0.25) is 0 Å². The van der Waals surface area contributed by atoms with Crippen LogP contribution in [0.15, 0.2) is 4.47 Å². The largest absolute Gasteiger partial charge is 0.298 e. The van der Waals surface area contributed by atoms with Crippen molar-refractivity contribution < 1.29 is 4.79 Å². The minimum absolute atomic E-state index is 0.124. The van der Waals surface area contributed by atoms with Crippen LogP contribution >= 0.6 is 39.5 Å². The molecule has 1 aliphatic rings. The number of nitrogens with zero attached hydrogens (tertiary/aromatic N) is 2. The van der Waals surface area contributed by atoms with Crippen LogP contribution in [0.25, 0.3) is 0 Å². The molecule has 0 aliphatic carbocycles. The van der Waals surface area contributed by atoms with Crippen molar-refractivity contribution in [2.24, 2.45) is 0 Å². The molecule has 0 radical (unpaired) electrons. The number of hydrogen-bond acceptors (Lipinski definition) is 4. The van der Waals surface area contributed by atoms with Crippen molar-refractivity contribution in [2.45, 2.75) is 56.4 Å². The van der Waals surface area contributed by atoms with E-state index in [9.17, 15) is 4.79 Å². The van der Waals surface area contributed by atoms with Crippen molar-refractivity contribution in [3.8, 4) is 0 Å². The first kappa shape index (κ1) is 16.4. The smallest absolute Gasteiger partial charge is 0.152 e. The first-order valence-electron chi connectivity index (χ1n) is 6.95. The van der Waals surface area contributed by atoms with Gasteiger partial charge >= 0.3 is 0 Å². The van der Waals surface area contributed by atoms with Crippen molar-refractivity contribution >= 4 is 45.2 Å². The molecule has 0 spiro atoms. The van der Waals surface area contributed by atoms with Gasteiger partial charge in [0.25, 0.3) is 0 Å². The summed E-state index contributed by atoms with van der Waals surface area (Å²) in [6, 6.07) is 0. The van der Waals surface area contributed by atoms with Crippen LogP contribution in [0.4, 0.5) is 0 Å². The lowest BCUT2D eigenvalue weighted by Gasteiger charge is -2.30. The number of rotatable bonds is 4. The Morgan fingerprint density at radius 2 is 2.15 bits per heavy atom. The predicted molar refractivity (Wildman–Crippen MR) is 91.8 cm³/mol. The van der Waals surface area contributed by atoms with Crippen LogP contribution in [0, 0.1) is 6.92 Å². The summed E-state index contributed by atoms with van der Waals surface area (Å²) in [5.74, 6) is 1.27. The second-order valence-electron chi connectivity index (χ2n) is 5.17. The Bertz CT molecular complexity index is 504. The standard InChI is InChI=1S/C14H21BrN2OS2/c1-5-17-11(14(15)8(2)16-17)6-12(18)13-7-19-9(3)10(4)20-13/h9-10,13H,5-7H2,1-4H3. The second-order valence-corrected chi connectivity index (χ2v) is 8.96. The molecule has 0 aromatic carbocycles. The average molecular weight is 377 g/mol. The van der Waals surface area contributed by atoms with E-state index in [1.54, 1.807) is 0 Å². The lowest BCUT2D eigenvalue weighted by Crippen LogP contribution is -2.32. The number of carbonyl (C=O) groups is 1. The summed E-state index contributed by atoms with van der Waals surface area (Å²) in [6.07, 6.45) is 0.481. The molecule has 3 atom stereocenters. The predicted octanol–water partition coefficient (Wildman–Crippen LogP) is 3.71. The highest BCUT2D eigenvalue weighted by molar-refractivity contribution is 9.10.